The van der Waals surface area contributed by atoms with Crippen molar-refractivity contribution in [3.05, 3.63) is 17.7 Å². The van der Waals surface area contributed by atoms with Gasteiger partial charge in [-0.1, -0.05) is 34.4 Å². The number of hydrogen-bond acceptors (Lipinski definition) is 3. The maximum absolute atomic E-state index is 5.27. The van der Waals surface area contributed by atoms with Gasteiger partial charge >= 0.3 is 0 Å². The lowest BCUT2D eigenvalue weighted by Crippen LogP contribution is -1.96. The molecule has 0 aromatic heterocycles. The third-order valence-electron chi connectivity index (χ3n) is 2.21. The van der Waals surface area contributed by atoms with E-state index in [1.807, 2.05) is 12.1 Å². The second-order valence-corrected chi connectivity index (χ2v) is 3.96. The van der Waals surface area contributed by atoms with Crippen LogP contribution < -0.4 is 14.2 Å². The van der Waals surface area contributed by atoms with E-state index in [1.165, 1.54) is 0 Å². The summed E-state index contributed by atoms with van der Waals surface area (Å²) in [7, 11) is 4.81. The van der Waals surface area contributed by atoms with Crippen LogP contribution >= 0.6 is 22.6 Å². The van der Waals surface area contributed by atoms with Crippen LogP contribution in [0.2, 0.25) is 0 Å². The van der Waals surface area contributed by atoms with Crippen LogP contribution in [0.5, 0.6) is 17.2 Å². The molecule has 4 heteroatoms. The summed E-state index contributed by atoms with van der Waals surface area (Å²) in [6.07, 6.45) is 0.680. The molecule has 0 bridgehead atoms. The third kappa shape index (κ3) is 3.70. The lowest BCUT2D eigenvalue weighted by atomic mass is 10.1. The summed E-state index contributed by atoms with van der Waals surface area (Å²) in [5.74, 6) is 8.05. The molecule has 1 aromatic rings. The van der Waals surface area contributed by atoms with E-state index in [4.69, 9.17) is 14.2 Å². The number of alkyl halides is 1. The number of rotatable bonds is 4. The molecule has 0 aliphatic rings. The summed E-state index contributed by atoms with van der Waals surface area (Å²) >= 11 is 2.23. The number of methoxy groups -OCH3 is 3. The topological polar surface area (TPSA) is 27.7 Å². The predicted octanol–water partition coefficient (Wildman–Crippen LogP) is 2.69. The molecule has 0 fully saturated rings. The first-order valence-electron chi connectivity index (χ1n) is 5.07. The van der Waals surface area contributed by atoms with Crippen molar-refractivity contribution in [2.24, 2.45) is 0 Å². The highest BCUT2D eigenvalue weighted by atomic mass is 127. The van der Waals surface area contributed by atoms with Gasteiger partial charge in [0.2, 0.25) is 5.75 Å². The van der Waals surface area contributed by atoms with Crippen LogP contribution in [0.1, 0.15) is 5.56 Å². The zero-order valence-corrected chi connectivity index (χ0v) is 12.3. The van der Waals surface area contributed by atoms with Gasteiger partial charge in [-0.15, -0.1) is 0 Å². The Bertz CT molecular complexity index is 407. The molecular weight excluding hydrogens is 331 g/mol. The molecule has 17 heavy (non-hydrogen) atoms. The zero-order valence-electron chi connectivity index (χ0n) is 10.2. The van der Waals surface area contributed by atoms with E-state index in [0.717, 1.165) is 9.99 Å². The van der Waals surface area contributed by atoms with Gasteiger partial charge in [0, 0.05) is 6.42 Å². The summed E-state index contributed by atoms with van der Waals surface area (Å²) in [5, 5.41) is 0. The lowest BCUT2D eigenvalue weighted by Gasteiger charge is -2.13. The van der Waals surface area contributed by atoms with Gasteiger partial charge in [-0.3, -0.25) is 0 Å². The molecule has 0 saturated carbocycles. The summed E-state index contributed by atoms with van der Waals surface area (Å²) in [6, 6.07) is 3.84. The average molecular weight is 346 g/mol. The van der Waals surface area contributed by atoms with E-state index in [2.05, 4.69) is 34.4 Å². The Hall–Kier alpha value is -1.09. The number of ether oxygens (including phenoxy) is 3. The Labute approximate surface area is 116 Å². The maximum atomic E-state index is 5.27. The van der Waals surface area contributed by atoms with Gasteiger partial charge in [0.05, 0.1) is 25.8 Å². The van der Waals surface area contributed by atoms with Crippen LogP contribution in [-0.2, 0) is 6.42 Å². The van der Waals surface area contributed by atoms with Gasteiger partial charge in [-0.25, -0.2) is 0 Å². The van der Waals surface area contributed by atoms with Gasteiger partial charge in [-0.2, -0.15) is 0 Å². The van der Waals surface area contributed by atoms with Crippen LogP contribution in [0, 0.1) is 11.8 Å². The Morgan fingerprint density at radius 3 is 2.00 bits per heavy atom. The Kier molecular flexibility index (Phi) is 5.98. The molecule has 0 amide bonds. The van der Waals surface area contributed by atoms with Gasteiger partial charge in [0.1, 0.15) is 0 Å². The highest BCUT2D eigenvalue weighted by Crippen LogP contribution is 2.38. The molecule has 0 heterocycles. The molecule has 92 valence electrons. The molecule has 1 aromatic carbocycles. The minimum atomic E-state index is 0.612. The quantitative estimate of drug-likeness (QED) is 0.477. The standard InChI is InChI=1S/C13H15IO3/c1-15-11-8-10(6-4-5-7-14)9-12(16-2)13(11)17-3/h8-9H,6-7H2,1-3H3. The van der Waals surface area contributed by atoms with Crippen molar-refractivity contribution >= 4 is 22.6 Å². The number of halogens is 1. The second-order valence-electron chi connectivity index (χ2n) is 3.20. The molecule has 0 spiro atoms. The number of benzene rings is 1. The molecule has 0 radical (unpaired) electrons. The van der Waals surface area contributed by atoms with E-state index >= 15 is 0 Å². The van der Waals surface area contributed by atoms with Crippen LogP contribution in [0.25, 0.3) is 0 Å². The smallest absolute Gasteiger partial charge is 0.203 e. The van der Waals surface area contributed by atoms with Crippen molar-refractivity contribution in [1.82, 2.24) is 0 Å². The normalized spacial score (nSPS) is 9.18. The van der Waals surface area contributed by atoms with E-state index < -0.39 is 0 Å². The molecule has 0 N–H and O–H groups in total. The van der Waals surface area contributed by atoms with Crippen molar-refractivity contribution in [2.45, 2.75) is 6.42 Å². The van der Waals surface area contributed by atoms with Gasteiger partial charge in [-0.05, 0) is 17.7 Å². The van der Waals surface area contributed by atoms with Crippen LogP contribution in [0.15, 0.2) is 12.1 Å². The van der Waals surface area contributed by atoms with E-state index in [1.54, 1.807) is 21.3 Å². The average Bonchev–Trinajstić information content (AvgIpc) is 2.37. The SMILES string of the molecule is COc1cc(CC#CCI)cc(OC)c1OC. The molecule has 1 rings (SSSR count). The lowest BCUT2D eigenvalue weighted by molar-refractivity contribution is 0.324. The first-order valence-corrected chi connectivity index (χ1v) is 6.60. The van der Waals surface area contributed by atoms with Crippen molar-refractivity contribution < 1.29 is 14.2 Å². The maximum Gasteiger partial charge on any atom is 0.203 e. The van der Waals surface area contributed by atoms with Crippen LogP contribution in [0.4, 0.5) is 0 Å². The van der Waals surface area contributed by atoms with Crippen molar-refractivity contribution in [3.8, 4) is 29.1 Å². The summed E-state index contributed by atoms with van der Waals surface area (Å²) in [6.45, 7) is 0. The minimum Gasteiger partial charge on any atom is -0.493 e. The third-order valence-corrected chi connectivity index (χ3v) is 2.59. The van der Waals surface area contributed by atoms with Gasteiger partial charge < -0.3 is 14.2 Å². The Morgan fingerprint density at radius 1 is 1.00 bits per heavy atom. The Morgan fingerprint density at radius 2 is 1.59 bits per heavy atom. The van der Waals surface area contributed by atoms with Gasteiger partial charge in [0.25, 0.3) is 0 Å². The zero-order chi connectivity index (χ0) is 12.7. The first kappa shape index (κ1) is 14.0. The predicted molar refractivity (Wildman–Crippen MR) is 76.5 cm³/mol. The molecular formula is C13H15IO3. The first-order chi connectivity index (χ1) is 8.26. The van der Waals surface area contributed by atoms with E-state index in [0.29, 0.717) is 23.7 Å². The molecule has 0 aliphatic carbocycles. The fourth-order valence-electron chi connectivity index (χ4n) is 1.45. The monoisotopic (exact) mass is 346 g/mol. The Balaban J connectivity index is 3.08. The molecule has 0 atom stereocenters. The highest BCUT2D eigenvalue weighted by molar-refractivity contribution is 14.1. The van der Waals surface area contributed by atoms with Crippen molar-refractivity contribution in [1.29, 1.82) is 0 Å². The highest BCUT2D eigenvalue weighted by Gasteiger charge is 2.12. The van der Waals surface area contributed by atoms with Crippen LogP contribution in [-0.4, -0.2) is 25.8 Å². The molecule has 3 nitrogen and oxygen atoms in total. The van der Waals surface area contributed by atoms with E-state index in [-0.39, 0.29) is 0 Å². The molecule has 0 aliphatic heterocycles. The van der Waals surface area contributed by atoms with Crippen LogP contribution in [0.3, 0.4) is 0 Å². The number of hydrogen-bond donors (Lipinski definition) is 0. The summed E-state index contributed by atoms with van der Waals surface area (Å²) in [5.41, 5.74) is 1.05. The summed E-state index contributed by atoms with van der Waals surface area (Å²) < 4.78 is 16.6. The van der Waals surface area contributed by atoms with Crippen molar-refractivity contribution in [2.75, 3.05) is 25.8 Å². The fraction of sp³-hybridized carbons (Fsp3) is 0.385. The second kappa shape index (κ2) is 7.28. The van der Waals surface area contributed by atoms with Crippen molar-refractivity contribution in [3.63, 3.8) is 0 Å². The summed E-state index contributed by atoms with van der Waals surface area (Å²) in [4.78, 5) is 0. The van der Waals surface area contributed by atoms with E-state index in [9.17, 15) is 0 Å². The molecule has 0 saturated heterocycles. The molecule has 0 unspecified atom stereocenters. The van der Waals surface area contributed by atoms with Gasteiger partial charge in [0.15, 0.2) is 11.5 Å². The fourth-order valence-corrected chi connectivity index (χ4v) is 1.72. The minimum absolute atomic E-state index is 0.612. The largest absolute Gasteiger partial charge is 0.493 e.